The first kappa shape index (κ1) is 18.0. The van der Waals surface area contributed by atoms with Crippen molar-refractivity contribution < 1.29 is 0 Å². The monoisotopic (exact) mass is 345 g/mol. The Labute approximate surface area is 153 Å². The number of rotatable bonds is 5. The summed E-state index contributed by atoms with van der Waals surface area (Å²) in [5.74, 6) is 0.682. The van der Waals surface area contributed by atoms with E-state index in [0.717, 1.165) is 17.6 Å². The molecule has 0 unspecified atom stereocenters. The van der Waals surface area contributed by atoms with Gasteiger partial charge in [-0.1, -0.05) is 74.4 Å². The maximum Gasteiger partial charge on any atom is 0.0446 e. The van der Waals surface area contributed by atoms with Crippen LogP contribution in [-0.4, -0.2) is 24.5 Å². The Kier molecular flexibility index (Phi) is 6.80. The van der Waals surface area contributed by atoms with Crippen LogP contribution in [0.4, 0.5) is 0 Å². The van der Waals surface area contributed by atoms with Crippen LogP contribution in [0.2, 0.25) is 5.02 Å². The van der Waals surface area contributed by atoms with Crippen molar-refractivity contribution in [3.8, 4) is 0 Å². The lowest BCUT2D eigenvalue weighted by Gasteiger charge is -2.30. The van der Waals surface area contributed by atoms with Gasteiger partial charge in [0.2, 0.25) is 0 Å². The summed E-state index contributed by atoms with van der Waals surface area (Å²) < 4.78 is 0. The number of nitrogens with zero attached hydrogens (tertiary/aromatic N) is 1. The Morgan fingerprint density at radius 3 is 2.33 bits per heavy atom. The quantitative estimate of drug-likeness (QED) is 0.576. The van der Waals surface area contributed by atoms with E-state index in [-0.39, 0.29) is 0 Å². The Bertz CT molecular complexity index is 539. The summed E-state index contributed by atoms with van der Waals surface area (Å²) in [5.41, 5.74) is 2.60. The third-order valence-electron chi connectivity index (χ3n) is 5.97. The van der Waals surface area contributed by atoms with Crippen LogP contribution in [0.15, 0.2) is 24.3 Å². The van der Waals surface area contributed by atoms with Crippen molar-refractivity contribution in [1.29, 1.82) is 0 Å². The third-order valence-corrected chi connectivity index (χ3v) is 6.30. The smallest absolute Gasteiger partial charge is 0.0446 e. The van der Waals surface area contributed by atoms with E-state index in [0.29, 0.717) is 5.92 Å². The Hall–Kier alpha value is -0.790. The second-order valence-corrected chi connectivity index (χ2v) is 8.16. The highest BCUT2D eigenvalue weighted by Gasteiger charge is 2.18. The van der Waals surface area contributed by atoms with Crippen LogP contribution in [0.3, 0.4) is 0 Å². The fraction of sp³-hybridized carbons (Fsp3) is 0.636. The lowest BCUT2D eigenvalue weighted by Crippen LogP contribution is -2.33. The van der Waals surface area contributed by atoms with Crippen LogP contribution in [0.5, 0.6) is 0 Å². The Balaban J connectivity index is 1.55. The molecule has 2 saturated carbocycles. The molecular weight excluding hydrogens is 314 g/mol. The summed E-state index contributed by atoms with van der Waals surface area (Å²) in [4.78, 5) is 2.51. The van der Waals surface area contributed by atoms with Crippen LogP contribution >= 0.6 is 11.6 Å². The predicted octanol–water partition coefficient (Wildman–Crippen LogP) is 6.67. The van der Waals surface area contributed by atoms with Crippen LogP contribution in [0.1, 0.15) is 81.3 Å². The summed E-state index contributed by atoms with van der Waals surface area (Å²) >= 11 is 6.58. The van der Waals surface area contributed by atoms with E-state index in [9.17, 15) is 0 Å². The first-order valence-corrected chi connectivity index (χ1v) is 10.3. The van der Waals surface area contributed by atoms with Crippen molar-refractivity contribution in [2.75, 3.05) is 13.6 Å². The second-order valence-electron chi connectivity index (χ2n) is 7.75. The van der Waals surface area contributed by atoms with Crippen molar-refractivity contribution in [2.45, 2.75) is 76.2 Å². The van der Waals surface area contributed by atoms with Crippen molar-refractivity contribution in [3.05, 3.63) is 40.4 Å². The van der Waals surface area contributed by atoms with Crippen molar-refractivity contribution in [3.63, 3.8) is 0 Å². The molecule has 132 valence electrons. The minimum absolute atomic E-state index is 0.682. The molecule has 0 bridgehead atoms. The molecule has 1 aromatic rings. The Morgan fingerprint density at radius 2 is 1.67 bits per heavy atom. The normalized spacial score (nSPS) is 21.0. The molecule has 0 radical (unpaired) electrons. The molecule has 0 aromatic heterocycles. The van der Waals surface area contributed by atoms with Gasteiger partial charge in [0.15, 0.2) is 0 Å². The van der Waals surface area contributed by atoms with E-state index < -0.39 is 0 Å². The molecule has 0 heterocycles. The van der Waals surface area contributed by atoms with Crippen LogP contribution in [0, 0.1) is 0 Å². The summed E-state index contributed by atoms with van der Waals surface area (Å²) in [6.45, 7) is 1.03. The fourth-order valence-electron chi connectivity index (χ4n) is 4.42. The minimum atomic E-state index is 0.682. The number of benzene rings is 1. The van der Waals surface area contributed by atoms with E-state index in [1.54, 1.807) is 0 Å². The van der Waals surface area contributed by atoms with Gasteiger partial charge in [0.05, 0.1) is 0 Å². The van der Waals surface area contributed by atoms with Crippen molar-refractivity contribution in [1.82, 2.24) is 4.90 Å². The minimum Gasteiger partial charge on any atom is -0.300 e. The highest BCUT2D eigenvalue weighted by atomic mass is 35.5. The summed E-state index contributed by atoms with van der Waals surface area (Å²) in [5, 5.41) is 0.963. The predicted molar refractivity (Wildman–Crippen MR) is 106 cm³/mol. The highest BCUT2D eigenvalue weighted by Crippen LogP contribution is 2.36. The topological polar surface area (TPSA) is 3.24 Å². The SMILES string of the molecule is CN(C/C=C/c1ccc(C2CCCCC2)c(Cl)c1)C1CCCCC1. The number of hydrogen-bond donors (Lipinski definition) is 0. The zero-order chi connectivity index (χ0) is 16.8. The van der Waals surface area contributed by atoms with Gasteiger partial charge in [-0.2, -0.15) is 0 Å². The molecule has 1 nitrogen and oxygen atoms in total. The Morgan fingerprint density at radius 1 is 1.00 bits per heavy atom. The van der Waals surface area contributed by atoms with Gasteiger partial charge < -0.3 is 0 Å². The average molecular weight is 346 g/mol. The molecule has 2 heteroatoms. The molecule has 2 fully saturated rings. The molecule has 0 saturated heterocycles. The lowest BCUT2D eigenvalue weighted by atomic mass is 9.84. The second kappa shape index (κ2) is 9.06. The third kappa shape index (κ3) is 4.86. The lowest BCUT2D eigenvalue weighted by molar-refractivity contribution is 0.209. The molecule has 2 aliphatic carbocycles. The molecule has 0 aliphatic heterocycles. The zero-order valence-electron chi connectivity index (χ0n) is 15.1. The standard InChI is InChI=1S/C22H32ClN/c1-24(20-12-6-3-7-13-20)16-8-9-18-14-15-21(22(23)17-18)19-10-4-2-5-11-19/h8-9,14-15,17,19-20H,2-7,10-13,16H2,1H3/b9-8+. The molecule has 2 aliphatic rings. The molecule has 0 N–H and O–H groups in total. The van der Waals surface area contributed by atoms with Crippen LogP contribution in [0.25, 0.3) is 6.08 Å². The molecule has 0 atom stereocenters. The molecule has 0 amide bonds. The summed E-state index contributed by atoms with van der Waals surface area (Å²) in [6, 6.07) is 7.44. The highest BCUT2D eigenvalue weighted by molar-refractivity contribution is 6.31. The molecule has 1 aromatic carbocycles. The number of hydrogen-bond acceptors (Lipinski definition) is 1. The summed E-state index contributed by atoms with van der Waals surface area (Å²) in [7, 11) is 2.26. The van der Waals surface area contributed by atoms with Gasteiger partial charge in [-0.05, 0) is 55.8 Å². The fourth-order valence-corrected chi connectivity index (χ4v) is 4.76. The maximum absolute atomic E-state index is 6.58. The van der Waals surface area contributed by atoms with Gasteiger partial charge >= 0.3 is 0 Å². The van der Waals surface area contributed by atoms with Crippen LogP contribution < -0.4 is 0 Å². The van der Waals surface area contributed by atoms with E-state index in [2.05, 4.69) is 42.3 Å². The zero-order valence-corrected chi connectivity index (χ0v) is 15.9. The number of halogens is 1. The van der Waals surface area contributed by atoms with E-state index in [4.69, 9.17) is 11.6 Å². The van der Waals surface area contributed by atoms with Gasteiger partial charge in [-0.15, -0.1) is 0 Å². The maximum atomic E-state index is 6.58. The molecular formula is C22H32ClN. The van der Waals surface area contributed by atoms with Gasteiger partial charge in [0, 0.05) is 17.6 Å². The molecule has 0 spiro atoms. The van der Waals surface area contributed by atoms with Crippen molar-refractivity contribution in [2.24, 2.45) is 0 Å². The van der Waals surface area contributed by atoms with Crippen molar-refractivity contribution >= 4 is 17.7 Å². The summed E-state index contributed by atoms with van der Waals surface area (Å²) in [6.07, 6.45) is 18.2. The van der Waals surface area contributed by atoms with E-state index in [1.165, 1.54) is 75.3 Å². The average Bonchev–Trinajstić information content (AvgIpc) is 2.63. The van der Waals surface area contributed by atoms with Crippen LogP contribution in [-0.2, 0) is 0 Å². The number of likely N-dealkylation sites (N-methyl/N-ethyl adjacent to an activating group) is 1. The molecule has 24 heavy (non-hydrogen) atoms. The van der Waals surface area contributed by atoms with Gasteiger partial charge in [0.25, 0.3) is 0 Å². The largest absolute Gasteiger partial charge is 0.300 e. The first-order valence-electron chi connectivity index (χ1n) is 9.90. The molecule has 3 rings (SSSR count). The van der Waals surface area contributed by atoms with Gasteiger partial charge in [0.1, 0.15) is 0 Å². The first-order chi connectivity index (χ1) is 11.7. The van der Waals surface area contributed by atoms with E-state index >= 15 is 0 Å². The van der Waals surface area contributed by atoms with Gasteiger partial charge in [-0.25, -0.2) is 0 Å². The van der Waals surface area contributed by atoms with Gasteiger partial charge in [-0.3, -0.25) is 4.90 Å². The van der Waals surface area contributed by atoms with E-state index in [1.807, 2.05) is 0 Å².